The van der Waals surface area contributed by atoms with Crippen molar-refractivity contribution in [2.75, 3.05) is 18.4 Å². The predicted molar refractivity (Wildman–Crippen MR) is 117 cm³/mol. The molecular weight excluding hydrogens is 384 g/mol. The zero-order valence-corrected chi connectivity index (χ0v) is 17.2. The summed E-state index contributed by atoms with van der Waals surface area (Å²) in [4.78, 5) is 13.7. The Morgan fingerprint density at radius 3 is 2.69 bits per heavy atom. The van der Waals surface area contributed by atoms with Gasteiger partial charge in [0.2, 0.25) is 5.91 Å². The molecule has 4 rings (SSSR count). The van der Waals surface area contributed by atoms with Crippen molar-refractivity contribution in [3.63, 3.8) is 0 Å². The van der Waals surface area contributed by atoms with Gasteiger partial charge in [-0.15, -0.1) is 0 Å². The third kappa shape index (κ3) is 4.86. The van der Waals surface area contributed by atoms with E-state index in [-0.39, 0.29) is 5.91 Å². The van der Waals surface area contributed by atoms with Crippen LogP contribution in [-0.2, 0) is 11.3 Å². The van der Waals surface area contributed by atoms with E-state index in [9.17, 15) is 4.79 Å². The number of aromatic amines is 1. The molecule has 2 N–H and O–H groups in total. The van der Waals surface area contributed by atoms with Gasteiger partial charge < -0.3 is 5.32 Å². The summed E-state index contributed by atoms with van der Waals surface area (Å²) in [5, 5.41) is 11.1. The van der Waals surface area contributed by atoms with Crippen molar-refractivity contribution in [3.8, 4) is 11.1 Å². The van der Waals surface area contributed by atoms with Crippen LogP contribution in [0.15, 0.2) is 54.7 Å². The lowest BCUT2D eigenvalue weighted by molar-refractivity contribution is -0.114. The minimum atomic E-state index is -0.0485. The summed E-state index contributed by atoms with van der Waals surface area (Å²) in [6, 6.07) is 16.0. The van der Waals surface area contributed by atoms with Gasteiger partial charge in [-0.05, 0) is 54.8 Å². The second-order valence-corrected chi connectivity index (χ2v) is 8.09. The molecular formula is C23H25ClN4O. The van der Waals surface area contributed by atoms with Crippen LogP contribution in [0.2, 0.25) is 5.02 Å². The second kappa shape index (κ2) is 8.80. The molecule has 6 heteroatoms. The van der Waals surface area contributed by atoms with Crippen molar-refractivity contribution in [1.82, 2.24) is 15.1 Å². The third-order valence-electron chi connectivity index (χ3n) is 5.42. The average molecular weight is 409 g/mol. The molecule has 0 aliphatic carbocycles. The third-order valence-corrected chi connectivity index (χ3v) is 5.67. The summed E-state index contributed by atoms with van der Waals surface area (Å²) >= 11 is 6.04. The zero-order valence-electron chi connectivity index (χ0n) is 16.5. The number of aromatic nitrogens is 2. The fourth-order valence-electron chi connectivity index (χ4n) is 4.06. The summed E-state index contributed by atoms with van der Waals surface area (Å²) in [6.07, 6.45) is 4.23. The molecule has 0 spiro atoms. The van der Waals surface area contributed by atoms with Gasteiger partial charge in [-0.25, -0.2) is 0 Å². The fraction of sp³-hybridized carbons (Fsp3) is 0.304. The number of hydrogen-bond acceptors (Lipinski definition) is 3. The first kappa shape index (κ1) is 19.7. The molecule has 0 saturated carbocycles. The van der Waals surface area contributed by atoms with Crippen LogP contribution in [0.25, 0.3) is 11.1 Å². The predicted octanol–water partition coefficient (Wildman–Crippen LogP) is 5.07. The molecule has 3 aromatic rings. The number of rotatable bonds is 5. The van der Waals surface area contributed by atoms with Gasteiger partial charge in [0.1, 0.15) is 0 Å². The fourth-order valence-corrected chi connectivity index (χ4v) is 4.18. The molecule has 1 atom stereocenters. The lowest BCUT2D eigenvalue weighted by Crippen LogP contribution is -2.34. The van der Waals surface area contributed by atoms with Crippen LogP contribution < -0.4 is 5.32 Å². The van der Waals surface area contributed by atoms with Gasteiger partial charge in [-0.2, -0.15) is 5.10 Å². The number of likely N-dealkylation sites (tertiary alicyclic amines) is 1. The van der Waals surface area contributed by atoms with E-state index in [0.717, 1.165) is 54.3 Å². The van der Waals surface area contributed by atoms with Gasteiger partial charge in [0.25, 0.3) is 0 Å². The van der Waals surface area contributed by atoms with E-state index in [4.69, 9.17) is 11.6 Å². The molecule has 2 heterocycles. The molecule has 0 unspecified atom stereocenters. The highest BCUT2D eigenvalue weighted by molar-refractivity contribution is 6.30. The first-order chi connectivity index (χ1) is 14.1. The SMILES string of the molecule is CC(=O)Nc1ccc(CN2CCC[C@@H](c3[nH]ncc3-c3ccc(Cl)cc3)C2)cc1. The highest BCUT2D eigenvalue weighted by atomic mass is 35.5. The summed E-state index contributed by atoms with van der Waals surface area (Å²) in [5.74, 6) is 0.378. The molecule has 29 heavy (non-hydrogen) atoms. The Kier molecular flexibility index (Phi) is 5.97. The molecule has 0 radical (unpaired) electrons. The highest BCUT2D eigenvalue weighted by Gasteiger charge is 2.25. The number of hydrogen-bond donors (Lipinski definition) is 2. The minimum absolute atomic E-state index is 0.0485. The standard InChI is InChI=1S/C23H25ClN4O/c1-16(29)26-21-10-4-17(5-11-21)14-28-12-2-3-19(15-28)23-22(13-25-27-23)18-6-8-20(24)9-7-18/h4-11,13,19H,2-3,12,14-15H2,1H3,(H,25,27)(H,26,29)/t19-/m1/s1. The Balaban J connectivity index is 1.45. The Bertz CT molecular complexity index is 965. The molecule has 150 valence electrons. The van der Waals surface area contributed by atoms with Crippen molar-refractivity contribution < 1.29 is 4.79 Å². The molecule has 1 fully saturated rings. The molecule has 2 aromatic carbocycles. The average Bonchev–Trinajstić information content (AvgIpc) is 3.20. The van der Waals surface area contributed by atoms with Crippen LogP contribution in [0.1, 0.15) is 36.9 Å². The van der Waals surface area contributed by atoms with E-state index in [1.54, 1.807) is 0 Å². The Labute approximate surface area is 176 Å². The number of carbonyl (C=O) groups excluding carboxylic acids is 1. The number of H-pyrrole nitrogens is 1. The summed E-state index contributed by atoms with van der Waals surface area (Å²) < 4.78 is 0. The van der Waals surface area contributed by atoms with E-state index in [2.05, 4.69) is 32.5 Å². The van der Waals surface area contributed by atoms with Crippen molar-refractivity contribution in [2.24, 2.45) is 0 Å². The largest absolute Gasteiger partial charge is 0.326 e. The van der Waals surface area contributed by atoms with E-state index in [1.807, 2.05) is 42.6 Å². The lowest BCUT2D eigenvalue weighted by Gasteiger charge is -2.32. The Morgan fingerprint density at radius 2 is 1.97 bits per heavy atom. The van der Waals surface area contributed by atoms with Crippen LogP contribution in [-0.4, -0.2) is 34.1 Å². The van der Waals surface area contributed by atoms with Gasteiger partial charge in [0.15, 0.2) is 0 Å². The molecule has 1 saturated heterocycles. The summed E-state index contributed by atoms with van der Waals surface area (Å²) in [7, 11) is 0. The van der Waals surface area contributed by atoms with E-state index >= 15 is 0 Å². The Hall–Kier alpha value is -2.63. The summed E-state index contributed by atoms with van der Waals surface area (Å²) in [5.41, 5.74) is 5.60. The highest BCUT2D eigenvalue weighted by Crippen LogP contribution is 2.33. The molecule has 1 aliphatic rings. The lowest BCUT2D eigenvalue weighted by atomic mass is 9.90. The van der Waals surface area contributed by atoms with Crippen molar-refractivity contribution in [2.45, 2.75) is 32.2 Å². The van der Waals surface area contributed by atoms with E-state index < -0.39 is 0 Å². The van der Waals surface area contributed by atoms with E-state index in [1.165, 1.54) is 18.2 Å². The van der Waals surface area contributed by atoms with Crippen LogP contribution in [0, 0.1) is 0 Å². The molecule has 1 aliphatic heterocycles. The molecule has 1 amide bonds. The van der Waals surface area contributed by atoms with Crippen LogP contribution in [0.5, 0.6) is 0 Å². The number of benzene rings is 2. The number of anilines is 1. The van der Waals surface area contributed by atoms with Gasteiger partial charge in [0, 0.05) is 47.9 Å². The van der Waals surface area contributed by atoms with Crippen molar-refractivity contribution in [3.05, 3.63) is 71.0 Å². The number of nitrogens with one attached hydrogen (secondary N) is 2. The van der Waals surface area contributed by atoms with Crippen molar-refractivity contribution >= 4 is 23.2 Å². The molecule has 0 bridgehead atoms. The van der Waals surface area contributed by atoms with Gasteiger partial charge >= 0.3 is 0 Å². The number of carbonyl (C=O) groups is 1. The summed E-state index contributed by atoms with van der Waals surface area (Å²) in [6.45, 7) is 4.52. The molecule has 5 nitrogen and oxygen atoms in total. The maximum atomic E-state index is 11.2. The minimum Gasteiger partial charge on any atom is -0.326 e. The monoisotopic (exact) mass is 408 g/mol. The quantitative estimate of drug-likeness (QED) is 0.619. The van der Waals surface area contributed by atoms with Gasteiger partial charge in [-0.3, -0.25) is 14.8 Å². The van der Waals surface area contributed by atoms with E-state index in [0.29, 0.717) is 5.92 Å². The molecule has 1 aromatic heterocycles. The normalized spacial score (nSPS) is 17.2. The van der Waals surface area contributed by atoms with Crippen LogP contribution in [0.4, 0.5) is 5.69 Å². The maximum absolute atomic E-state index is 11.2. The first-order valence-corrected chi connectivity index (χ1v) is 10.3. The van der Waals surface area contributed by atoms with Crippen molar-refractivity contribution in [1.29, 1.82) is 0 Å². The number of amides is 1. The first-order valence-electron chi connectivity index (χ1n) is 9.96. The smallest absolute Gasteiger partial charge is 0.221 e. The second-order valence-electron chi connectivity index (χ2n) is 7.66. The topological polar surface area (TPSA) is 61.0 Å². The van der Waals surface area contributed by atoms with Crippen LogP contribution in [0.3, 0.4) is 0 Å². The zero-order chi connectivity index (χ0) is 20.2. The maximum Gasteiger partial charge on any atom is 0.221 e. The number of piperidine rings is 1. The van der Waals surface area contributed by atoms with Gasteiger partial charge in [-0.1, -0.05) is 35.9 Å². The number of nitrogens with zero attached hydrogens (tertiary/aromatic N) is 2. The van der Waals surface area contributed by atoms with Crippen LogP contribution >= 0.6 is 11.6 Å². The Morgan fingerprint density at radius 1 is 1.21 bits per heavy atom. The number of halogens is 1. The van der Waals surface area contributed by atoms with Gasteiger partial charge in [0.05, 0.1) is 6.20 Å².